The van der Waals surface area contributed by atoms with Crippen LogP contribution < -0.4 is 21.9 Å². The number of benzene rings is 1. The quantitative estimate of drug-likeness (QED) is 0.499. The molecule has 8 heteroatoms. The van der Waals surface area contributed by atoms with Gasteiger partial charge in [0.1, 0.15) is 0 Å². The molecule has 2 heterocycles. The average molecular weight is 464 g/mol. The molecule has 6 nitrogen and oxygen atoms in total. The number of allylic oxidation sites excluding steroid dienone is 2. The third-order valence-corrected chi connectivity index (χ3v) is 6.81. The number of carbonyl (C=O) groups excluding carboxylic acids is 1. The number of halogens is 2. The van der Waals surface area contributed by atoms with Crippen LogP contribution in [0.25, 0.3) is 17.8 Å². The second-order valence-corrected chi connectivity index (χ2v) is 8.49. The fourth-order valence-electron chi connectivity index (χ4n) is 5.46. The van der Waals surface area contributed by atoms with E-state index in [1.807, 2.05) is 12.4 Å². The third kappa shape index (κ3) is 3.59. The maximum Gasteiger partial charge on any atom is 0.275 e. The van der Waals surface area contributed by atoms with Crippen molar-refractivity contribution >= 4 is 60.3 Å². The summed E-state index contributed by atoms with van der Waals surface area (Å²) in [5.41, 5.74) is 17.4. The molecular formula is C23H29Cl2N4O2+. The van der Waals surface area contributed by atoms with Crippen molar-refractivity contribution in [3.8, 4) is 0 Å². The van der Waals surface area contributed by atoms with Gasteiger partial charge in [0.25, 0.3) is 5.69 Å². The van der Waals surface area contributed by atoms with E-state index in [4.69, 9.17) is 11.5 Å². The van der Waals surface area contributed by atoms with E-state index in [0.29, 0.717) is 19.4 Å². The molecule has 0 aromatic heterocycles. The van der Waals surface area contributed by atoms with Gasteiger partial charge in [-0.25, -0.2) is 0 Å². The molecule has 1 aromatic carbocycles. The van der Waals surface area contributed by atoms with Crippen LogP contribution in [0.5, 0.6) is 0 Å². The minimum absolute atomic E-state index is 0. The Bertz CT molecular complexity index is 1120. The van der Waals surface area contributed by atoms with E-state index >= 15 is 0 Å². The smallest absolute Gasteiger partial charge is 0.275 e. The lowest BCUT2D eigenvalue weighted by Gasteiger charge is -2.23. The second kappa shape index (κ2) is 9.33. The second-order valence-electron chi connectivity index (χ2n) is 8.49. The van der Waals surface area contributed by atoms with Crippen LogP contribution in [0.1, 0.15) is 61.6 Å². The van der Waals surface area contributed by atoms with E-state index in [0.717, 1.165) is 87.4 Å². The standard InChI is InChI=1S/C23H27N4O2.2ClH/c24-10-2-1-8-18(25)23(28)15-7-4-9-19-20(15)21-17-12-26-11-16(17)13-5-3-6-14(13)22(21)27(19)29;;/h5,11-12,15,18H,1-4,6-10,24-25H2;2*1H/q+1;;/t15?,18-;;/m0../s1. The molecule has 1 aromatic rings. The number of unbranched alkanes of at least 4 members (excludes halogenated alkanes) is 1. The van der Waals surface area contributed by atoms with Gasteiger partial charge < -0.3 is 11.5 Å². The summed E-state index contributed by atoms with van der Waals surface area (Å²) in [5, 5.41) is 2.25. The number of aliphatic imine (C=N–C) groups is 1. The Morgan fingerprint density at radius 1 is 1.23 bits per heavy atom. The predicted octanol–water partition coefficient (Wildman–Crippen LogP) is 2.39. The minimum Gasteiger partial charge on any atom is -0.330 e. The molecule has 2 aliphatic carbocycles. The van der Waals surface area contributed by atoms with Crippen molar-refractivity contribution in [1.82, 2.24) is 0 Å². The largest absolute Gasteiger partial charge is 0.330 e. The van der Waals surface area contributed by atoms with Gasteiger partial charge in [-0.05, 0) is 50.3 Å². The number of Topliss-reactive ketones (excluding diaryl/α,β-unsaturated/α-hetero) is 1. The average Bonchev–Trinajstić information content (AvgIpc) is 3.44. The first-order valence-electron chi connectivity index (χ1n) is 10.8. The highest BCUT2D eigenvalue weighted by Gasteiger charge is 2.49. The number of ketones is 1. The van der Waals surface area contributed by atoms with Gasteiger partial charge in [0, 0.05) is 45.7 Å². The first kappa shape index (κ1) is 23.8. The molecule has 4 N–H and O–H groups in total. The first-order chi connectivity index (χ1) is 14.1. The van der Waals surface area contributed by atoms with Crippen LogP contribution in [0.15, 0.2) is 10.7 Å². The Morgan fingerprint density at radius 3 is 2.81 bits per heavy atom. The van der Waals surface area contributed by atoms with E-state index in [2.05, 4.69) is 11.1 Å². The summed E-state index contributed by atoms with van der Waals surface area (Å²) in [6, 6.07) is -0.501. The SMILES string of the molecule is Cl.Cl.NCCCC[C@H](N)C(=O)C1CCCC2=C1c1c(c3c(c4c1C=NC=4)=CCC3)[N+]2=O. The summed E-state index contributed by atoms with van der Waals surface area (Å²) in [7, 11) is 0. The predicted molar refractivity (Wildman–Crippen MR) is 128 cm³/mol. The summed E-state index contributed by atoms with van der Waals surface area (Å²) >= 11 is 0. The van der Waals surface area contributed by atoms with Crippen LogP contribution in [0.3, 0.4) is 0 Å². The Kier molecular flexibility index (Phi) is 7.16. The molecule has 0 fully saturated rings. The van der Waals surface area contributed by atoms with Crippen LogP contribution in [-0.2, 0) is 11.2 Å². The molecule has 0 amide bonds. The molecule has 1 unspecified atom stereocenters. The number of nitrogens with zero attached hydrogens (tertiary/aromatic N) is 2. The maximum atomic E-state index is 13.4. The van der Waals surface area contributed by atoms with Crippen molar-refractivity contribution in [3.05, 3.63) is 37.7 Å². The molecule has 5 rings (SSSR count). The lowest BCUT2D eigenvalue weighted by atomic mass is 9.77. The fraction of sp³-hybridized carbons (Fsp3) is 0.478. The van der Waals surface area contributed by atoms with Crippen molar-refractivity contribution in [1.29, 1.82) is 0 Å². The van der Waals surface area contributed by atoms with Gasteiger partial charge in [-0.2, -0.15) is 0 Å². The van der Waals surface area contributed by atoms with Crippen molar-refractivity contribution in [2.75, 3.05) is 6.54 Å². The zero-order valence-electron chi connectivity index (χ0n) is 17.4. The Morgan fingerprint density at radius 2 is 2.03 bits per heavy atom. The summed E-state index contributed by atoms with van der Waals surface area (Å²) in [4.78, 5) is 31.1. The van der Waals surface area contributed by atoms with Gasteiger partial charge in [-0.1, -0.05) is 12.5 Å². The fourth-order valence-corrected chi connectivity index (χ4v) is 5.46. The lowest BCUT2D eigenvalue weighted by Crippen LogP contribution is -2.37. The van der Waals surface area contributed by atoms with Gasteiger partial charge in [0.15, 0.2) is 5.78 Å². The molecule has 0 radical (unpaired) electrons. The van der Waals surface area contributed by atoms with Gasteiger partial charge in [0.2, 0.25) is 5.70 Å². The molecule has 4 aliphatic rings. The molecule has 0 bridgehead atoms. The molecule has 0 spiro atoms. The van der Waals surface area contributed by atoms with E-state index in [9.17, 15) is 9.70 Å². The number of rotatable bonds is 6. The summed E-state index contributed by atoms with van der Waals surface area (Å²) in [6.07, 6.45) is 12.5. The van der Waals surface area contributed by atoms with Crippen molar-refractivity contribution in [3.63, 3.8) is 0 Å². The number of nitrogens with two attached hydrogens (primary N) is 2. The van der Waals surface area contributed by atoms with E-state index in [1.165, 1.54) is 0 Å². The summed E-state index contributed by atoms with van der Waals surface area (Å²) < 4.78 is 1.12. The zero-order chi connectivity index (χ0) is 20.1. The van der Waals surface area contributed by atoms with Gasteiger partial charge >= 0.3 is 0 Å². The van der Waals surface area contributed by atoms with Gasteiger partial charge in [-0.15, -0.1) is 24.8 Å². The highest BCUT2D eigenvalue weighted by atomic mass is 35.5. The Labute approximate surface area is 193 Å². The Balaban J connectivity index is 0.00000136. The first-order valence-corrected chi connectivity index (χ1v) is 10.8. The number of carbonyl (C=O) groups is 1. The van der Waals surface area contributed by atoms with E-state index < -0.39 is 6.04 Å². The molecule has 166 valence electrons. The summed E-state index contributed by atoms with van der Waals surface area (Å²) in [5.74, 6) is -0.235. The van der Waals surface area contributed by atoms with Crippen molar-refractivity contribution < 1.29 is 9.55 Å². The van der Waals surface area contributed by atoms with Crippen LogP contribution >= 0.6 is 24.8 Å². The lowest BCUT2D eigenvalue weighted by molar-refractivity contribution is -0.406. The monoisotopic (exact) mass is 463 g/mol. The van der Waals surface area contributed by atoms with Crippen LogP contribution in [0, 0.1) is 10.8 Å². The van der Waals surface area contributed by atoms with E-state index in [1.54, 1.807) is 0 Å². The topological polar surface area (TPSA) is 102 Å². The highest BCUT2D eigenvalue weighted by molar-refractivity contribution is 6.04. The molecule has 2 aliphatic heterocycles. The number of fused-ring (bicyclic) bond motifs is 7. The number of hydrogen-bond acceptors (Lipinski definition) is 5. The molecule has 2 atom stereocenters. The zero-order valence-corrected chi connectivity index (χ0v) is 19.1. The van der Waals surface area contributed by atoms with Crippen LogP contribution in [-0.4, -0.2) is 29.3 Å². The minimum atomic E-state index is -0.501. The van der Waals surface area contributed by atoms with E-state index in [-0.39, 0.29) is 36.5 Å². The third-order valence-electron chi connectivity index (χ3n) is 6.81. The molecule has 0 saturated heterocycles. The molecule has 31 heavy (non-hydrogen) atoms. The van der Waals surface area contributed by atoms with Crippen molar-refractivity contribution in [2.24, 2.45) is 22.4 Å². The highest BCUT2D eigenvalue weighted by Crippen LogP contribution is 2.50. The number of nitroso groups, excluding NO2 is 1. The van der Waals surface area contributed by atoms with Crippen LogP contribution in [0.4, 0.5) is 5.69 Å². The van der Waals surface area contributed by atoms with Gasteiger partial charge in [-0.3, -0.25) is 9.79 Å². The Hall–Kier alpha value is -1.86. The number of hydrogen-bond donors (Lipinski definition) is 2. The van der Waals surface area contributed by atoms with Gasteiger partial charge in [0.05, 0.1) is 22.3 Å². The van der Waals surface area contributed by atoms with Crippen LogP contribution in [0.2, 0.25) is 0 Å². The molecular weight excluding hydrogens is 435 g/mol. The molecule has 0 saturated carbocycles. The van der Waals surface area contributed by atoms with Crippen molar-refractivity contribution in [2.45, 2.75) is 57.4 Å². The maximum absolute atomic E-state index is 13.4. The normalized spacial score (nSPS) is 20.6. The summed E-state index contributed by atoms with van der Waals surface area (Å²) in [6.45, 7) is 0.613.